The second-order valence-electron chi connectivity index (χ2n) is 7.06. The topological polar surface area (TPSA) is 18.5 Å². The third-order valence-corrected chi connectivity index (χ3v) is 5.28. The number of rotatable bonds is 5. The Morgan fingerprint density at radius 1 is 1.09 bits per heavy atom. The molecule has 0 spiro atoms. The van der Waals surface area contributed by atoms with Crippen molar-refractivity contribution in [2.24, 2.45) is 0 Å². The van der Waals surface area contributed by atoms with Gasteiger partial charge in [-0.15, -0.1) is 0 Å². The van der Waals surface area contributed by atoms with Crippen LogP contribution < -0.4 is 5.32 Å². The van der Waals surface area contributed by atoms with E-state index in [9.17, 15) is 4.39 Å². The Morgan fingerprint density at radius 3 is 2.52 bits per heavy atom. The van der Waals surface area contributed by atoms with Gasteiger partial charge >= 0.3 is 0 Å². The normalized spacial score (nSPS) is 24.7. The maximum absolute atomic E-state index is 13.0. The lowest BCUT2D eigenvalue weighted by molar-refractivity contribution is 0.0885. The number of piperidine rings is 2. The van der Waals surface area contributed by atoms with E-state index >= 15 is 0 Å². The van der Waals surface area contributed by atoms with Crippen molar-refractivity contribution in [3.05, 3.63) is 30.1 Å². The number of nitrogens with one attached hydrogen (secondary N) is 1. The van der Waals surface area contributed by atoms with Gasteiger partial charge in [-0.05, 0) is 82.5 Å². The van der Waals surface area contributed by atoms with Crippen molar-refractivity contribution < 1.29 is 4.39 Å². The monoisotopic (exact) mass is 319 g/mol. The summed E-state index contributed by atoms with van der Waals surface area (Å²) in [5.41, 5.74) is 1.04. The van der Waals surface area contributed by atoms with Crippen molar-refractivity contribution in [2.75, 3.05) is 38.0 Å². The van der Waals surface area contributed by atoms with Crippen LogP contribution in [0, 0.1) is 5.82 Å². The fourth-order valence-corrected chi connectivity index (χ4v) is 4.06. The second-order valence-corrected chi connectivity index (χ2v) is 7.06. The van der Waals surface area contributed by atoms with Crippen molar-refractivity contribution >= 4 is 5.69 Å². The maximum Gasteiger partial charge on any atom is 0.123 e. The van der Waals surface area contributed by atoms with Crippen molar-refractivity contribution in [1.29, 1.82) is 0 Å². The fraction of sp³-hybridized carbons (Fsp3) is 0.684. The molecule has 3 nitrogen and oxygen atoms in total. The van der Waals surface area contributed by atoms with Gasteiger partial charge in [0.2, 0.25) is 0 Å². The average Bonchev–Trinajstić information content (AvgIpc) is 2.58. The number of anilines is 1. The average molecular weight is 319 g/mol. The first-order valence-electron chi connectivity index (χ1n) is 9.23. The molecule has 0 radical (unpaired) electrons. The van der Waals surface area contributed by atoms with Crippen LogP contribution in [0.15, 0.2) is 24.3 Å². The lowest BCUT2D eigenvalue weighted by Gasteiger charge is -2.42. The molecule has 2 heterocycles. The summed E-state index contributed by atoms with van der Waals surface area (Å²) in [5, 5.41) is 3.59. The summed E-state index contributed by atoms with van der Waals surface area (Å²) in [6, 6.07) is 8.00. The van der Waals surface area contributed by atoms with Gasteiger partial charge in [0.15, 0.2) is 0 Å². The van der Waals surface area contributed by atoms with E-state index in [0.717, 1.165) is 18.3 Å². The minimum atomic E-state index is -0.167. The zero-order chi connectivity index (χ0) is 16.1. The van der Waals surface area contributed by atoms with Crippen LogP contribution in [-0.4, -0.2) is 54.6 Å². The van der Waals surface area contributed by atoms with Gasteiger partial charge in [0.25, 0.3) is 0 Å². The molecule has 23 heavy (non-hydrogen) atoms. The third kappa shape index (κ3) is 4.67. The number of halogens is 1. The van der Waals surface area contributed by atoms with Gasteiger partial charge in [-0.3, -0.25) is 4.90 Å². The second kappa shape index (κ2) is 8.11. The Bertz CT molecular complexity index is 468. The van der Waals surface area contributed by atoms with Gasteiger partial charge in [0, 0.05) is 24.3 Å². The van der Waals surface area contributed by atoms with Crippen LogP contribution in [0.5, 0.6) is 0 Å². The molecule has 0 amide bonds. The number of likely N-dealkylation sites (tertiary alicyclic amines) is 2. The van der Waals surface area contributed by atoms with Crippen LogP contribution in [0.3, 0.4) is 0 Å². The molecule has 3 rings (SSSR count). The lowest BCUT2D eigenvalue weighted by Crippen LogP contribution is -2.51. The van der Waals surface area contributed by atoms with Gasteiger partial charge in [-0.1, -0.05) is 6.92 Å². The Labute approximate surface area is 139 Å². The van der Waals surface area contributed by atoms with Gasteiger partial charge in [0.1, 0.15) is 5.82 Å². The maximum atomic E-state index is 13.0. The van der Waals surface area contributed by atoms with E-state index < -0.39 is 0 Å². The Balaban J connectivity index is 1.49. The van der Waals surface area contributed by atoms with E-state index in [1.165, 1.54) is 70.4 Å². The summed E-state index contributed by atoms with van der Waals surface area (Å²) >= 11 is 0. The van der Waals surface area contributed by atoms with Crippen molar-refractivity contribution in [3.63, 3.8) is 0 Å². The highest BCUT2D eigenvalue weighted by atomic mass is 19.1. The first kappa shape index (κ1) is 16.7. The molecule has 0 unspecified atom stereocenters. The molecular formula is C19H30FN3. The summed E-state index contributed by atoms with van der Waals surface area (Å²) in [6.07, 6.45) is 6.35. The predicted octanol–water partition coefficient (Wildman–Crippen LogP) is 3.58. The molecule has 0 saturated carbocycles. The Kier molecular flexibility index (Phi) is 5.90. The summed E-state index contributed by atoms with van der Waals surface area (Å²) in [4.78, 5) is 5.29. The van der Waals surface area contributed by atoms with Crippen molar-refractivity contribution in [3.8, 4) is 0 Å². The molecule has 128 valence electrons. The highest BCUT2D eigenvalue weighted by Gasteiger charge is 2.28. The molecule has 1 atom stereocenters. The van der Waals surface area contributed by atoms with E-state index in [1.807, 2.05) is 12.1 Å². The standard InChI is InChI=1S/C19H30FN3/c1-2-11-22-13-9-19(10-14-22)23-12-3-4-18(15-23)21-17-7-5-16(20)6-8-17/h5-8,18-19,21H,2-4,9-15H2,1H3/t18-/m1/s1. The Hall–Kier alpha value is -1.13. The number of nitrogens with zero attached hydrogens (tertiary/aromatic N) is 2. The molecule has 2 saturated heterocycles. The minimum absolute atomic E-state index is 0.167. The number of hydrogen-bond acceptors (Lipinski definition) is 3. The van der Waals surface area contributed by atoms with E-state index in [-0.39, 0.29) is 5.82 Å². The quantitative estimate of drug-likeness (QED) is 0.895. The van der Waals surface area contributed by atoms with Crippen LogP contribution in [0.25, 0.3) is 0 Å². The molecule has 0 aromatic heterocycles. The fourth-order valence-electron chi connectivity index (χ4n) is 4.06. The highest BCUT2D eigenvalue weighted by Crippen LogP contribution is 2.23. The summed E-state index contributed by atoms with van der Waals surface area (Å²) in [6.45, 7) is 8.38. The minimum Gasteiger partial charge on any atom is -0.381 e. The van der Waals surface area contributed by atoms with E-state index in [2.05, 4.69) is 22.0 Å². The van der Waals surface area contributed by atoms with Crippen LogP contribution in [0.2, 0.25) is 0 Å². The van der Waals surface area contributed by atoms with Crippen LogP contribution in [0.1, 0.15) is 39.0 Å². The van der Waals surface area contributed by atoms with Crippen LogP contribution in [0.4, 0.5) is 10.1 Å². The lowest BCUT2D eigenvalue weighted by atomic mass is 9.97. The first-order chi connectivity index (χ1) is 11.2. The third-order valence-electron chi connectivity index (χ3n) is 5.28. The highest BCUT2D eigenvalue weighted by molar-refractivity contribution is 5.43. The number of benzene rings is 1. The molecule has 0 aliphatic carbocycles. The predicted molar refractivity (Wildman–Crippen MR) is 94.4 cm³/mol. The van der Waals surface area contributed by atoms with E-state index in [1.54, 1.807) is 0 Å². The molecule has 0 bridgehead atoms. The smallest absolute Gasteiger partial charge is 0.123 e. The SMILES string of the molecule is CCCN1CCC(N2CCC[C@@H](Nc3ccc(F)cc3)C2)CC1. The van der Waals surface area contributed by atoms with E-state index in [4.69, 9.17) is 0 Å². The molecule has 2 fully saturated rings. The molecule has 4 heteroatoms. The molecular weight excluding hydrogens is 289 g/mol. The van der Waals surface area contributed by atoms with Gasteiger partial charge in [-0.2, -0.15) is 0 Å². The first-order valence-corrected chi connectivity index (χ1v) is 9.23. The van der Waals surface area contributed by atoms with Gasteiger partial charge < -0.3 is 10.2 Å². The molecule has 2 aliphatic rings. The Morgan fingerprint density at radius 2 is 1.83 bits per heavy atom. The molecule has 1 N–H and O–H groups in total. The molecule has 1 aromatic rings. The van der Waals surface area contributed by atoms with Crippen molar-refractivity contribution in [1.82, 2.24) is 9.80 Å². The molecule has 1 aromatic carbocycles. The largest absolute Gasteiger partial charge is 0.381 e. The van der Waals surface area contributed by atoms with Gasteiger partial charge in [-0.25, -0.2) is 4.39 Å². The summed E-state index contributed by atoms with van der Waals surface area (Å²) in [7, 11) is 0. The number of hydrogen-bond donors (Lipinski definition) is 1. The van der Waals surface area contributed by atoms with Crippen LogP contribution >= 0.6 is 0 Å². The zero-order valence-electron chi connectivity index (χ0n) is 14.3. The van der Waals surface area contributed by atoms with Crippen molar-refractivity contribution in [2.45, 2.75) is 51.1 Å². The van der Waals surface area contributed by atoms with Crippen LogP contribution in [-0.2, 0) is 0 Å². The summed E-state index contributed by atoms with van der Waals surface area (Å²) in [5.74, 6) is -0.167. The zero-order valence-corrected chi connectivity index (χ0v) is 14.3. The van der Waals surface area contributed by atoms with Gasteiger partial charge in [0.05, 0.1) is 0 Å². The summed E-state index contributed by atoms with van der Waals surface area (Å²) < 4.78 is 13.0. The molecule has 2 aliphatic heterocycles. The van der Waals surface area contributed by atoms with E-state index in [0.29, 0.717) is 6.04 Å².